The smallest absolute Gasteiger partial charge is 0.353 e. The Labute approximate surface area is 103 Å². The van der Waals surface area contributed by atoms with Gasteiger partial charge in [-0.2, -0.15) is 0 Å². The van der Waals surface area contributed by atoms with Crippen molar-refractivity contribution < 1.29 is 9.90 Å². The topological polar surface area (TPSA) is 68.9 Å². The van der Waals surface area contributed by atoms with Crippen molar-refractivity contribution in [2.24, 2.45) is 0 Å². The van der Waals surface area contributed by atoms with Gasteiger partial charge in [0, 0.05) is 27.9 Å². The van der Waals surface area contributed by atoms with Crippen LogP contribution in [0.2, 0.25) is 0 Å². The van der Waals surface area contributed by atoms with Gasteiger partial charge in [-0.1, -0.05) is 18.2 Å². The third-order valence-corrected chi connectivity index (χ3v) is 2.99. The zero-order chi connectivity index (χ0) is 12.7. The van der Waals surface area contributed by atoms with Crippen molar-refractivity contribution in [3.05, 3.63) is 47.8 Å². The molecule has 1 aromatic carbocycles. The Morgan fingerprint density at radius 2 is 1.94 bits per heavy atom. The fraction of sp³-hybridized carbons (Fsp3) is 0.0714. The summed E-state index contributed by atoms with van der Waals surface area (Å²) in [6, 6.07) is 11.7. The Kier molecular flexibility index (Phi) is 2.23. The van der Waals surface area contributed by atoms with E-state index in [2.05, 4.69) is 9.97 Å². The molecule has 0 saturated carbocycles. The van der Waals surface area contributed by atoms with Gasteiger partial charge in [-0.05, 0) is 25.1 Å². The molecule has 0 fully saturated rings. The molecule has 3 aromatic rings. The van der Waals surface area contributed by atoms with Crippen molar-refractivity contribution in [3.8, 4) is 11.3 Å². The minimum absolute atomic E-state index is 0.221. The van der Waals surface area contributed by atoms with Gasteiger partial charge in [0.05, 0.1) is 0 Å². The second-order valence-corrected chi connectivity index (χ2v) is 4.32. The van der Waals surface area contributed by atoms with E-state index in [9.17, 15) is 9.90 Å². The molecular formula is C14H12N2O2. The van der Waals surface area contributed by atoms with E-state index in [1.165, 1.54) is 0 Å². The molecule has 3 N–H and O–H groups in total. The molecule has 0 atom stereocenters. The normalized spacial score (nSPS) is 10.9. The lowest BCUT2D eigenvalue weighted by Gasteiger charge is -1.95. The SMILES string of the molecule is Cc1cc(-c2cc3ccccc3[nH]2)c(C(=O)O)[nH]1. The average molecular weight is 240 g/mol. The van der Waals surface area contributed by atoms with Crippen molar-refractivity contribution >= 4 is 16.9 Å². The maximum absolute atomic E-state index is 11.2. The van der Waals surface area contributed by atoms with Crippen LogP contribution in [0.3, 0.4) is 0 Å². The van der Waals surface area contributed by atoms with Gasteiger partial charge in [-0.3, -0.25) is 0 Å². The first-order valence-electron chi connectivity index (χ1n) is 5.66. The minimum Gasteiger partial charge on any atom is -0.477 e. The number of hydrogen-bond acceptors (Lipinski definition) is 1. The first kappa shape index (κ1) is 10.7. The first-order chi connectivity index (χ1) is 8.65. The molecule has 4 heteroatoms. The molecule has 0 aliphatic rings. The van der Waals surface area contributed by atoms with E-state index in [0.29, 0.717) is 5.56 Å². The number of aromatic amines is 2. The molecule has 0 unspecified atom stereocenters. The standard InChI is InChI=1S/C14H12N2O2/c1-8-6-10(13(15-8)14(17)18)12-7-9-4-2-3-5-11(9)16-12/h2-7,15-16H,1H3,(H,17,18). The van der Waals surface area contributed by atoms with Crippen molar-refractivity contribution in [2.75, 3.05) is 0 Å². The number of carboxylic acids is 1. The van der Waals surface area contributed by atoms with Gasteiger partial charge in [0.2, 0.25) is 0 Å². The summed E-state index contributed by atoms with van der Waals surface area (Å²) in [6.45, 7) is 1.85. The zero-order valence-corrected chi connectivity index (χ0v) is 9.82. The van der Waals surface area contributed by atoms with E-state index in [1.54, 1.807) is 0 Å². The van der Waals surface area contributed by atoms with Crippen molar-refractivity contribution in [1.82, 2.24) is 9.97 Å². The van der Waals surface area contributed by atoms with Crippen LogP contribution in [0.1, 0.15) is 16.2 Å². The van der Waals surface area contributed by atoms with Gasteiger partial charge in [0.15, 0.2) is 0 Å². The number of para-hydroxylation sites is 1. The zero-order valence-electron chi connectivity index (χ0n) is 9.82. The van der Waals surface area contributed by atoms with E-state index >= 15 is 0 Å². The van der Waals surface area contributed by atoms with E-state index in [-0.39, 0.29) is 5.69 Å². The summed E-state index contributed by atoms with van der Waals surface area (Å²) >= 11 is 0. The summed E-state index contributed by atoms with van der Waals surface area (Å²) in [6.07, 6.45) is 0. The molecule has 18 heavy (non-hydrogen) atoms. The molecule has 0 spiro atoms. The van der Waals surface area contributed by atoms with Crippen molar-refractivity contribution in [2.45, 2.75) is 6.92 Å². The Hall–Kier alpha value is -2.49. The largest absolute Gasteiger partial charge is 0.477 e. The molecule has 0 aliphatic carbocycles. The maximum Gasteiger partial charge on any atom is 0.353 e. The molecule has 2 heterocycles. The summed E-state index contributed by atoms with van der Waals surface area (Å²) in [5.74, 6) is -0.947. The van der Waals surface area contributed by atoms with Crippen LogP contribution in [-0.2, 0) is 0 Å². The quantitative estimate of drug-likeness (QED) is 0.644. The number of nitrogens with one attached hydrogen (secondary N) is 2. The Morgan fingerprint density at radius 1 is 1.17 bits per heavy atom. The fourth-order valence-electron chi connectivity index (χ4n) is 2.19. The van der Waals surface area contributed by atoms with Crippen molar-refractivity contribution in [3.63, 3.8) is 0 Å². The number of aromatic nitrogens is 2. The Bertz CT molecular complexity index is 704. The van der Waals surface area contributed by atoms with Gasteiger partial charge in [0.1, 0.15) is 5.69 Å². The Morgan fingerprint density at radius 3 is 2.67 bits per heavy atom. The second kappa shape index (κ2) is 3.77. The van der Waals surface area contributed by atoms with Crippen LogP contribution >= 0.6 is 0 Å². The summed E-state index contributed by atoms with van der Waals surface area (Å²) in [5, 5.41) is 10.2. The highest BCUT2D eigenvalue weighted by atomic mass is 16.4. The summed E-state index contributed by atoms with van der Waals surface area (Å²) in [7, 11) is 0. The molecule has 0 bridgehead atoms. The third kappa shape index (κ3) is 1.59. The minimum atomic E-state index is -0.947. The van der Waals surface area contributed by atoms with Gasteiger partial charge >= 0.3 is 5.97 Å². The number of aromatic carboxylic acids is 1. The number of aryl methyl sites for hydroxylation is 1. The molecule has 4 nitrogen and oxygen atoms in total. The third-order valence-electron chi connectivity index (χ3n) is 2.99. The molecule has 0 aliphatic heterocycles. The highest BCUT2D eigenvalue weighted by Gasteiger charge is 2.16. The predicted octanol–water partition coefficient (Wildman–Crippen LogP) is 3.17. The molecular weight excluding hydrogens is 228 g/mol. The molecule has 0 amide bonds. The molecule has 90 valence electrons. The average Bonchev–Trinajstić information content (AvgIpc) is 2.91. The summed E-state index contributed by atoms with van der Waals surface area (Å²) in [5.41, 5.74) is 3.57. The van der Waals surface area contributed by atoms with Crippen LogP contribution in [0.25, 0.3) is 22.2 Å². The predicted molar refractivity (Wildman–Crippen MR) is 69.8 cm³/mol. The van der Waals surface area contributed by atoms with E-state index in [4.69, 9.17) is 0 Å². The maximum atomic E-state index is 11.2. The van der Waals surface area contributed by atoms with Crippen LogP contribution in [0.15, 0.2) is 36.4 Å². The highest BCUT2D eigenvalue weighted by Crippen LogP contribution is 2.27. The van der Waals surface area contributed by atoms with Crippen LogP contribution in [0, 0.1) is 6.92 Å². The molecule has 0 radical (unpaired) electrons. The fourth-order valence-corrected chi connectivity index (χ4v) is 2.19. The number of rotatable bonds is 2. The van der Waals surface area contributed by atoms with Crippen LogP contribution < -0.4 is 0 Å². The van der Waals surface area contributed by atoms with Gasteiger partial charge < -0.3 is 15.1 Å². The summed E-state index contributed by atoms with van der Waals surface area (Å²) < 4.78 is 0. The van der Waals surface area contributed by atoms with Crippen LogP contribution in [-0.4, -0.2) is 21.0 Å². The lowest BCUT2D eigenvalue weighted by Crippen LogP contribution is -1.98. The lowest BCUT2D eigenvalue weighted by molar-refractivity contribution is 0.0692. The van der Waals surface area contributed by atoms with Gasteiger partial charge in [-0.15, -0.1) is 0 Å². The molecule has 0 saturated heterocycles. The van der Waals surface area contributed by atoms with Gasteiger partial charge in [0.25, 0.3) is 0 Å². The van der Waals surface area contributed by atoms with Crippen LogP contribution in [0.4, 0.5) is 0 Å². The first-order valence-corrected chi connectivity index (χ1v) is 5.66. The van der Waals surface area contributed by atoms with Gasteiger partial charge in [-0.25, -0.2) is 4.79 Å². The van der Waals surface area contributed by atoms with E-state index < -0.39 is 5.97 Å². The Balaban J connectivity index is 2.22. The number of carboxylic acid groups (broad SMARTS) is 1. The number of hydrogen-bond donors (Lipinski definition) is 3. The van der Waals surface area contributed by atoms with Crippen molar-refractivity contribution in [1.29, 1.82) is 0 Å². The lowest BCUT2D eigenvalue weighted by atomic mass is 10.1. The van der Waals surface area contributed by atoms with E-state index in [1.807, 2.05) is 43.3 Å². The number of carbonyl (C=O) groups is 1. The number of benzene rings is 1. The van der Waals surface area contributed by atoms with Crippen LogP contribution in [0.5, 0.6) is 0 Å². The summed E-state index contributed by atoms with van der Waals surface area (Å²) in [4.78, 5) is 17.3. The molecule has 2 aromatic heterocycles. The molecule has 3 rings (SSSR count). The monoisotopic (exact) mass is 240 g/mol. The number of fused-ring (bicyclic) bond motifs is 1. The second-order valence-electron chi connectivity index (χ2n) is 4.32. The highest BCUT2D eigenvalue weighted by molar-refractivity contribution is 5.96. The van der Waals surface area contributed by atoms with E-state index in [0.717, 1.165) is 22.3 Å². The number of H-pyrrole nitrogens is 2.